The number of hydrogen-bond acceptors (Lipinski definition) is 3. The third-order valence-corrected chi connectivity index (χ3v) is 3.55. The van der Waals surface area contributed by atoms with Crippen molar-refractivity contribution in [3.63, 3.8) is 0 Å². The Morgan fingerprint density at radius 2 is 2.05 bits per heavy atom. The number of nitro benzene ring substituents is 1. The monoisotopic (exact) mass is 355 g/mol. The van der Waals surface area contributed by atoms with Gasteiger partial charge in [-0.1, -0.05) is 33.6 Å². The molecule has 0 saturated heterocycles. The largest absolute Gasteiger partial charge is 0.489 e. The summed E-state index contributed by atoms with van der Waals surface area (Å²) in [6.45, 7) is 2.19. The molecule has 20 heavy (non-hydrogen) atoms. The second-order valence-corrected chi connectivity index (χ2v) is 5.56. The molecule has 0 amide bonds. The van der Waals surface area contributed by atoms with Gasteiger partial charge in [0.2, 0.25) is 0 Å². The normalized spacial score (nSPS) is 10.3. The molecule has 2 rings (SSSR count). The standard InChI is InChI=1S/C14H11BrClNO3/c1-9-6-11(15)3-5-14(9)20-8-10-2-4-12(16)13(7-10)17(18)19/h2-7H,8H2,1H3. The summed E-state index contributed by atoms with van der Waals surface area (Å²) in [4.78, 5) is 10.3. The van der Waals surface area contributed by atoms with Crippen LogP contribution < -0.4 is 4.74 Å². The summed E-state index contributed by atoms with van der Waals surface area (Å²) in [5.74, 6) is 0.741. The Hall–Kier alpha value is -1.59. The van der Waals surface area contributed by atoms with Crippen LogP contribution in [0.3, 0.4) is 0 Å². The molecule has 6 heteroatoms. The Bertz CT molecular complexity index is 661. The van der Waals surface area contributed by atoms with Gasteiger partial charge in [0, 0.05) is 10.5 Å². The number of ether oxygens (including phenoxy) is 1. The maximum Gasteiger partial charge on any atom is 0.288 e. The van der Waals surface area contributed by atoms with Crippen molar-refractivity contribution >= 4 is 33.2 Å². The van der Waals surface area contributed by atoms with E-state index in [1.54, 1.807) is 6.07 Å². The van der Waals surface area contributed by atoms with Crippen LogP contribution in [0.1, 0.15) is 11.1 Å². The molecule has 4 nitrogen and oxygen atoms in total. The number of aryl methyl sites for hydroxylation is 1. The number of rotatable bonds is 4. The topological polar surface area (TPSA) is 52.4 Å². The minimum atomic E-state index is -0.503. The third kappa shape index (κ3) is 3.49. The summed E-state index contributed by atoms with van der Waals surface area (Å²) in [5.41, 5.74) is 1.58. The van der Waals surface area contributed by atoms with Gasteiger partial charge in [0.25, 0.3) is 5.69 Å². The fourth-order valence-corrected chi connectivity index (χ4v) is 2.39. The van der Waals surface area contributed by atoms with Gasteiger partial charge in [-0.2, -0.15) is 0 Å². The van der Waals surface area contributed by atoms with E-state index >= 15 is 0 Å². The molecule has 0 heterocycles. The smallest absolute Gasteiger partial charge is 0.288 e. The first kappa shape index (κ1) is 14.8. The van der Waals surface area contributed by atoms with Crippen LogP contribution in [0, 0.1) is 17.0 Å². The molecule has 0 N–H and O–H groups in total. The van der Waals surface area contributed by atoms with Crippen molar-refractivity contribution in [2.24, 2.45) is 0 Å². The Morgan fingerprint density at radius 1 is 1.30 bits per heavy atom. The van der Waals surface area contributed by atoms with Gasteiger partial charge in [-0.15, -0.1) is 0 Å². The lowest BCUT2D eigenvalue weighted by atomic mass is 10.2. The first-order valence-electron chi connectivity index (χ1n) is 5.79. The average Bonchev–Trinajstić information content (AvgIpc) is 2.39. The molecule has 0 aliphatic carbocycles. The van der Waals surface area contributed by atoms with Crippen LogP contribution in [0.4, 0.5) is 5.69 Å². The van der Waals surface area contributed by atoms with E-state index in [2.05, 4.69) is 15.9 Å². The second kappa shape index (κ2) is 6.24. The van der Waals surface area contributed by atoms with E-state index in [9.17, 15) is 10.1 Å². The van der Waals surface area contributed by atoms with E-state index in [0.717, 1.165) is 15.8 Å². The van der Waals surface area contributed by atoms with E-state index in [0.29, 0.717) is 5.56 Å². The number of benzene rings is 2. The van der Waals surface area contributed by atoms with Gasteiger partial charge in [-0.3, -0.25) is 10.1 Å². The van der Waals surface area contributed by atoms with E-state index < -0.39 is 4.92 Å². The predicted molar refractivity (Wildman–Crippen MR) is 81.3 cm³/mol. The van der Waals surface area contributed by atoms with Crippen molar-refractivity contribution < 1.29 is 9.66 Å². The minimum absolute atomic E-state index is 0.111. The Morgan fingerprint density at radius 3 is 2.70 bits per heavy atom. The highest BCUT2D eigenvalue weighted by Gasteiger charge is 2.13. The van der Waals surface area contributed by atoms with E-state index in [-0.39, 0.29) is 17.3 Å². The van der Waals surface area contributed by atoms with Crippen LogP contribution in [0.2, 0.25) is 5.02 Å². The van der Waals surface area contributed by atoms with Crippen LogP contribution in [0.5, 0.6) is 5.75 Å². The molecule has 104 valence electrons. The fraction of sp³-hybridized carbons (Fsp3) is 0.143. The van der Waals surface area contributed by atoms with Crippen LogP contribution in [-0.2, 0) is 6.61 Å². The molecular weight excluding hydrogens is 346 g/mol. The molecule has 0 bridgehead atoms. The van der Waals surface area contributed by atoms with Crippen molar-refractivity contribution in [2.75, 3.05) is 0 Å². The van der Waals surface area contributed by atoms with Gasteiger partial charge < -0.3 is 4.74 Å². The molecule has 2 aromatic rings. The minimum Gasteiger partial charge on any atom is -0.489 e. The molecule has 0 unspecified atom stereocenters. The molecule has 0 radical (unpaired) electrons. The Kier molecular flexibility index (Phi) is 4.62. The highest BCUT2D eigenvalue weighted by Crippen LogP contribution is 2.27. The quantitative estimate of drug-likeness (QED) is 0.578. The van der Waals surface area contributed by atoms with Gasteiger partial charge in [0.05, 0.1) is 4.92 Å². The first-order chi connectivity index (χ1) is 9.47. The van der Waals surface area contributed by atoms with Gasteiger partial charge in [-0.25, -0.2) is 0 Å². The molecule has 0 atom stereocenters. The molecule has 0 saturated carbocycles. The number of hydrogen-bond donors (Lipinski definition) is 0. The van der Waals surface area contributed by atoms with Crippen LogP contribution in [0.15, 0.2) is 40.9 Å². The number of nitrogens with zero attached hydrogens (tertiary/aromatic N) is 1. The second-order valence-electron chi connectivity index (χ2n) is 4.24. The number of nitro groups is 1. The predicted octanol–water partition coefficient (Wildman–Crippen LogP) is 4.90. The zero-order chi connectivity index (χ0) is 14.7. The first-order valence-corrected chi connectivity index (χ1v) is 6.96. The van der Waals surface area contributed by atoms with Gasteiger partial charge in [0.1, 0.15) is 17.4 Å². The van der Waals surface area contributed by atoms with Crippen molar-refractivity contribution in [3.05, 3.63) is 67.1 Å². The molecule has 0 aromatic heterocycles. The molecule has 0 spiro atoms. The third-order valence-electron chi connectivity index (χ3n) is 2.74. The highest BCUT2D eigenvalue weighted by atomic mass is 79.9. The van der Waals surface area contributed by atoms with E-state index in [1.807, 2.05) is 25.1 Å². The maximum absolute atomic E-state index is 10.8. The lowest BCUT2D eigenvalue weighted by Gasteiger charge is -2.09. The zero-order valence-electron chi connectivity index (χ0n) is 10.6. The van der Waals surface area contributed by atoms with E-state index in [4.69, 9.17) is 16.3 Å². The maximum atomic E-state index is 10.8. The van der Waals surface area contributed by atoms with Crippen molar-refractivity contribution in [1.82, 2.24) is 0 Å². The van der Waals surface area contributed by atoms with Crippen LogP contribution >= 0.6 is 27.5 Å². The fourth-order valence-electron chi connectivity index (χ4n) is 1.72. The van der Waals surface area contributed by atoms with Crippen LogP contribution in [0.25, 0.3) is 0 Å². The van der Waals surface area contributed by atoms with Gasteiger partial charge in [0.15, 0.2) is 0 Å². The van der Waals surface area contributed by atoms with Crippen molar-refractivity contribution in [3.8, 4) is 5.75 Å². The molecule has 0 aliphatic heterocycles. The molecule has 0 fully saturated rings. The summed E-state index contributed by atoms with van der Waals surface area (Å²) >= 11 is 9.14. The SMILES string of the molecule is Cc1cc(Br)ccc1OCc1ccc(Cl)c([N+](=O)[O-])c1. The van der Waals surface area contributed by atoms with Gasteiger partial charge >= 0.3 is 0 Å². The molecule has 2 aromatic carbocycles. The van der Waals surface area contributed by atoms with Crippen LogP contribution in [-0.4, -0.2) is 4.92 Å². The summed E-state index contributed by atoms with van der Waals surface area (Å²) in [6, 6.07) is 10.3. The van der Waals surface area contributed by atoms with Crippen molar-refractivity contribution in [1.29, 1.82) is 0 Å². The van der Waals surface area contributed by atoms with E-state index in [1.165, 1.54) is 12.1 Å². The Labute approximate surface area is 129 Å². The zero-order valence-corrected chi connectivity index (χ0v) is 12.9. The molecule has 0 aliphatic rings. The average molecular weight is 357 g/mol. The summed E-state index contributed by atoms with van der Waals surface area (Å²) in [5, 5.41) is 10.9. The molecular formula is C14H11BrClNO3. The van der Waals surface area contributed by atoms with Gasteiger partial charge in [-0.05, 0) is 42.3 Å². The summed E-state index contributed by atoms with van der Waals surface area (Å²) in [6.07, 6.45) is 0. The summed E-state index contributed by atoms with van der Waals surface area (Å²) in [7, 11) is 0. The van der Waals surface area contributed by atoms with Crippen molar-refractivity contribution in [2.45, 2.75) is 13.5 Å². The summed E-state index contributed by atoms with van der Waals surface area (Å²) < 4.78 is 6.64. The lowest BCUT2D eigenvalue weighted by molar-refractivity contribution is -0.384. The Balaban J connectivity index is 2.15. The highest BCUT2D eigenvalue weighted by molar-refractivity contribution is 9.10. The lowest BCUT2D eigenvalue weighted by Crippen LogP contribution is -1.98. The number of halogens is 2.